The minimum Gasteiger partial charge on any atom is -0.493 e. The van der Waals surface area contributed by atoms with E-state index in [-0.39, 0.29) is 5.91 Å². The molecular weight excluding hydrogens is 358 g/mol. The number of amides is 1. The fraction of sp³-hybridized carbons (Fsp3) is 0.269. The first-order valence-electron chi connectivity index (χ1n) is 10.3. The number of ether oxygens (including phenoxy) is 1. The number of rotatable bonds is 9. The van der Waals surface area contributed by atoms with Gasteiger partial charge in [0.25, 0.3) is 5.91 Å². The van der Waals surface area contributed by atoms with Gasteiger partial charge in [-0.25, -0.2) is 0 Å². The number of nitrogens with one attached hydrogen (secondary N) is 1. The van der Waals surface area contributed by atoms with E-state index in [4.69, 9.17) is 4.74 Å². The molecule has 0 unspecified atom stereocenters. The van der Waals surface area contributed by atoms with Crippen molar-refractivity contribution in [2.45, 2.75) is 33.1 Å². The summed E-state index contributed by atoms with van der Waals surface area (Å²) in [6.07, 6.45) is 2.85. The fourth-order valence-electron chi connectivity index (χ4n) is 3.33. The van der Waals surface area contributed by atoms with Crippen LogP contribution in [0.25, 0.3) is 0 Å². The van der Waals surface area contributed by atoms with Crippen LogP contribution in [0.1, 0.15) is 41.8 Å². The zero-order valence-electron chi connectivity index (χ0n) is 17.2. The highest BCUT2D eigenvalue weighted by molar-refractivity contribution is 6.06. The third-order valence-corrected chi connectivity index (χ3v) is 4.67. The van der Waals surface area contributed by atoms with E-state index in [9.17, 15) is 4.79 Å². The second kappa shape index (κ2) is 10.5. The smallest absolute Gasteiger partial charge is 0.259 e. The second-order valence-electron chi connectivity index (χ2n) is 7.69. The van der Waals surface area contributed by atoms with Crippen molar-refractivity contribution >= 4 is 11.6 Å². The minimum absolute atomic E-state index is 0.148. The molecule has 0 saturated carbocycles. The van der Waals surface area contributed by atoms with Crippen molar-refractivity contribution in [1.29, 1.82) is 0 Å². The Balaban J connectivity index is 1.59. The van der Waals surface area contributed by atoms with Crippen LogP contribution in [0.3, 0.4) is 0 Å². The van der Waals surface area contributed by atoms with Gasteiger partial charge in [-0.1, -0.05) is 68.4 Å². The van der Waals surface area contributed by atoms with Crippen molar-refractivity contribution in [3.8, 4) is 5.75 Å². The van der Waals surface area contributed by atoms with E-state index < -0.39 is 0 Å². The van der Waals surface area contributed by atoms with Gasteiger partial charge >= 0.3 is 0 Å². The maximum Gasteiger partial charge on any atom is 0.259 e. The van der Waals surface area contributed by atoms with Gasteiger partial charge in [0.05, 0.1) is 12.2 Å². The lowest BCUT2D eigenvalue weighted by Gasteiger charge is -2.13. The van der Waals surface area contributed by atoms with Gasteiger partial charge in [-0.3, -0.25) is 4.79 Å². The summed E-state index contributed by atoms with van der Waals surface area (Å²) in [4.78, 5) is 12.8. The van der Waals surface area contributed by atoms with Crippen LogP contribution in [0.15, 0.2) is 78.9 Å². The van der Waals surface area contributed by atoms with E-state index >= 15 is 0 Å². The van der Waals surface area contributed by atoms with E-state index in [0.717, 1.165) is 24.9 Å². The normalized spacial score (nSPS) is 10.7. The molecule has 29 heavy (non-hydrogen) atoms. The predicted octanol–water partition coefficient (Wildman–Crippen LogP) is 6.15. The summed E-state index contributed by atoms with van der Waals surface area (Å²) in [5, 5.41) is 3.01. The highest BCUT2D eigenvalue weighted by Gasteiger charge is 2.13. The molecule has 0 fully saturated rings. The monoisotopic (exact) mass is 387 g/mol. The van der Waals surface area contributed by atoms with Gasteiger partial charge in [0, 0.05) is 5.69 Å². The summed E-state index contributed by atoms with van der Waals surface area (Å²) in [6, 6.07) is 25.8. The predicted molar refractivity (Wildman–Crippen MR) is 120 cm³/mol. The summed E-state index contributed by atoms with van der Waals surface area (Å²) < 4.78 is 5.93. The highest BCUT2D eigenvalue weighted by Crippen LogP contribution is 2.21. The van der Waals surface area contributed by atoms with Crippen LogP contribution < -0.4 is 10.1 Å². The standard InChI is InChI=1S/C26H29NO2/c1-20(2)18-22-12-8-14-23(19-22)27-26(28)24-15-6-7-16-25(24)29-17-9-13-21-10-4-3-5-11-21/h3-8,10-12,14-16,19-20H,9,13,17-18H2,1-2H3,(H,27,28). The number of aryl methyl sites for hydroxylation is 1. The number of hydrogen-bond donors (Lipinski definition) is 1. The average Bonchev–Trinajstić information content (AvgIpc) is 2.72. The molecule has 0 aromatic heterocycles. The van der Waals surface area contributed by atoms with Crippen molar-refractivity contribution < 1.29 is 9.53 Å². The van der Waals surface area contributed by atoms with Gasteiger partial charge in [-0.05, 0) is 60.6 Å². The first-order chi connectivity index (χ1) is 14.1. The van der Waals surface area contributed by atoms with Crippen molar-refractivity contribution in [3.05, 3.63) is 95.6 Å². The summed E-state index contributed by atoms with van der Waals surface area (Å²) in [7, 11) is 0. The third-order valence-electron chi connectivity index (χ3n) is 4.67. The lowest BCUT2D eigenvalue weighted by molar-refractivity contribution is 0.102. The number of carbonyl (C=O) groups excluding carboxylic acids is 1. The molecule has 3 rings (SSSR count). The van der Waals surface area contributed by atoms with Gasteiger partial charge in [0.2, 0.25) is 0 Å². The number of para-hydroxylation sites is 1. The van der Waals surface area contributed by atoms with Crippen molar-refractivity contribution in [3.63, 3.8) is 0 Å². The Morgan fingerprint density at radius 3 is 2.41 bits per heavy atom. The Hall–Kier alpha value is -3.07. The lowest BCUT2D eigenvalue weighted by Crippen LogP contribution is -2.14. The largest absolute Gasteiger partial charge is 0.493 e. The Labute approximate surface area is 173 Å². The Kier molecular flexibility index (Phi) is 7.46. The molecule has 3 aromatic carbocycles. The fourth-order valence-corrected chi connectivity index (χ4v) is 3.33. The molecular formula is C26H29NO2. The van der Waals surface area contributed by atoms with E-state index in [1.54, 1.807) is 6.07 Å². The molecule has 0 aliphatic rings. The second-order valence-corrected chi connectivity index (χ2v) is 7.69. The van der Waals surface area contributed by atoms with Crippen molar-refractivity contribution in [1.82, 2.24) is 0 Å². The van der Waals surface area contributed by atoms with Crippen LogP contribution in [-0.4, -0.2) is 12.5 Å². The zero-order valence-corrected chi connectivity index (χ0v) is 17.2. The van der Waals surface area contributed by atoms with Crippen LogP contribution in [0, 0.1) is 5.92 Å². The lowest BCUT2D eigenvalue weighted by atomic mass is 10.0. The Morgan fingerprint density at radius 2 is 1.62 bits per heavy atom. The highest BCUT2D eigenvalue weighted by atomic mass is 16.5. The van der Waals surface area contributed by atoms with Crippen LogP contribution in [0.5, 0.6) is 5.75 Å². The van der Waals surface area contributed by atoms with Gasteiger partial charge in [0.15, 0.2) is 0 Å². The number of benzene rings is 3. The molecule has 0 saturated heterocycles. The molecule has 0 atom stereocenters. The average molecular weight is 388 g/mol. The van der Waals surface area contributed by atoms with Crippen LogP contribution in [-0.2, 0) is 12.8 Å². The van der Waals surface area contributed by atoms with Crippen molar-refractivity contribution in [2.75, 3.05) is 11.9 Å². The van der Waals surface area contributed by atoms with E-state index in [1.165, 1.54) is 11.1 Å². The molecule has 0 aliphatic heterocycles. The van der Waals surface area contributed by atoms with Crippen LogP contribution in [0.2, 0.25) is 0 Å². The third kappa shape index (κ3) is 6.49. The minimum atomic E-state index is -0.148. The van der Waals surface area contributed by atoms with E-state index in [0.29, 0.717) is 23.8 Å². The molecule has 150 valence electrons. The molecule has 1 N–H and O–H groups in total. The van der Waals surface area contributed by atoms with Crippen molar-refractivity contribution in [2.24, 2.45) is 5.92 Å². The molecule has 0 heterocycles. The molecule has 0 bridgehead atoms. The molecule has 3 heteroatoms. The topological polar surface area (TPSA) is 38.3 Å². The first kappa shape index (κ1) is 20.7. The number of hydrogen-bond acceptors (Lipinski definition) is 2. The Morgan fingerprint density at radius 1 is 0.897 bits per heavy atom. The van der Waals surface area contributed by atoms with E-state index in [1.807, 2.05) is 54.6 Å². The maximum absolute atomic E-state index is 12.8. The summed E-state index contributed by atoms with van der Waals surface area (Å²) in [6.45, 7) is 4.95. The molecule has 1 amide bonds. The van der Waals surface area contributed by atoms with Gasteiger partial charge < -0.3 is 10.1 Å². The van der Waals surface area contributed by atoms with Crippen LogP contribution >= 0.6 is 0 Å². The van der Waals surface area contributed by atoms with Gasteiger partial charge in [-0.2, -0.15) is 0 Å². The van der Waals surface area contributed by atoms with Crippen LogP contribution in [0.4, 0.5) is 5.69 Å². The molecule has 0 aliphatic carbocycles. The van der Waals surface area contributed by atoms with E-state index in [2.05, 4.69) is 37.4 Å². The molecule has 3 aromatic rings. The zero-order chi connectivity index (χ0) is 20.5. The number of carbonyl (C=O) groups is 1. The number of anilines is 1. The summed E-state index contributed by atoms with van der Waals surface area (Å²) in [5.74, 6) is 1.05. The van der Waals surface area contributed by atoms with Gasteiger partial charge in [-0.15, -0.1) is 0 Å². The Bertz CT molecular complexity index is 919. The molecule has 0 spiro atoms. The molecule has 0 radical (unpaired) electrons. The first-order valence-corrected chi connectivity index (χ1v) is 10.3. The van der Waals surface area contributed by atoms with Gasteiger partial charge in [0.1, 0.15) is 5.75 Å². The maximum atomic E-state index is 12.8. The SMILES string of the molecule is CC(C)Cc1cccc(NC(=O)c2ccccc2OCCCc2ccccc2)c1. The quantitative estimate of drug-likeness (QED) is 0.447. The molecule has 3 nitrogen and oxygen atoms in total. The summed E-state index contributed by atoms with van der Waals surface area (Å²) >= 11 is 0. The summed E-state index contributed by atoms with van der Waals surface area (Å²) in [5.41, 5.74) is 3.89.